The number of hydrogen-bond donors (Lipinski definition) is 2. The first kappa shape index (κ1) is 19.7. The fourth-order valence-corrected chi connectivity index (χ4v) is 3.69. The van der Waals surface area contributed by atoms with Crippen molar-refractivity contribution in [3.8, 4) is 0 Å². The Kier molecular flexibility index (Phi) is 5.79. The lowest BCUT2D eigenvalue weighted by atomic mass is 10.1. The molecular formula is C23H26N6O. The van der Waals surface area contributed by atoms with E-state index < -0.39 is 0 Å². The van der Waals surface area contributed by atoms with E-state index in [4.69, 9.17) is 0 Å². The van der Waals surface area contributed by atoms with Gasteiger partial charge < -0.3 is 20.4 Å². The van der Waals surface area contributed by atoms with Crippen molar-refractivity contribution in [3.05, 3.63) is 72.1 Å². The van der Waals surface area contributed by atoms with Crippen LogP contribution in [-0.2, 0) is 0 Å². The van der Waals surface area contributed by atoms with Gasteiger partial charge in [0, 0.05) is 37.6 Å². The number of nitrogens with zero attached hydrogens (tertiary/aromatic N) is 4. The zero-order valence-corrected chi connectivity index (χ0v) is 17.3. The topological polar surface area (TPSA) is 73.4 Å². The van der Waals surface area contributed by atoms with E-state index in [1.165, 1.54) is 5.69 Å². The second kappa shape index (κ2) is 8.82. The van der Waals surface area contributed by atoms with Gasteiger partial charge >= 0.3 is 6.03 Å². The minimum Gasteiger partial charge on any atom is -0.368 e. The van der Waals surface area contributed by atoms with Crippen molar-refractivity contribution in [2.45, 2.75) is 13.8 Å². The average Bonchev–Trinajstić information content (AvgIpc) is 2.74. The maximum Gasteiger partial charge on any atom is 0.323 e. The number of amides is 2. The summed E-state index contributed by atoms with van der Waals surface area (Å²) in [4.78, 5) is 25.7. The van der Waals surface area contributed by atoms with E-state index in [-0.39, 0.29) is 6.03 Å². The molecule has 0 saturated carbocycles. The Morgan fingerprint density at radius 1 is 0.800 bits per heavy atom. The Bertz CT molecular complexity index is 978. The number of rotatable bonds is 4. The average molecular weight is 403 g/mol. The molecule has 0 aliphatic carbocycles. The Hall–Kier alpha value is -3.61. The first-order chi connectivity index (χ1) is 14.6. The maximum absolute atomic E-state index is 12.3. The van der Waals surface area contributed by atoms with E-state index in [1.54, 1.807) is 12.4 Å². The van der Waals surface area contributed by atoms with Crippen molar-refractivity contribution >= 4 is 29.0 Å². The second-order valence-electron chi connectivity index (χ2n) is 7.54. The lowest BCUT2D eigenvalue weighted by molar-refractivity contribution is 0.262. The number of hydrogen-bond acceptors (Lipinski definition) is 5. The number of urea groups is 1. The molecule has 2 N–H and O–H groups in total. The number of aryl methyl sites for hydroxylation is 2. The van der Waals surface area contributed by atoms with Gasteiger partial charge in [-0.15, -0.1) is 0 Å². The van der Waals surface area contributed by atoms with Crippen LogP contribution < -0.4 is 20.4 Å². The summed E-state index contributed by atoms with van der Waals surface area (Å²) in [5.74, 6) is 0.683. The van der Waals surface area contributed by atoms with Crippen LogP contribution >= 0.6 is 0 Å². The van der Waals surface area contributed by atoms with Gasteiger partial charge in [-0.2, -0.15) is 0 Å². The molecule has 1 aliphatic rings. The van der Waals surface area contributed by atoms with Gasteiger partial charge in [0.1, 0.15) is 0 Å². The summed E-state index contributed by atoms with van der Waals surface area (Å²) in [6.45, 7) is 7.56. The summed E-state index contributed by atoms with van der Waals surface area (Å²) >= 11 is 0. The standard InChI is InChI=1S/C23H26N6O/c1-17-12-18(2)14-19(13-17)26-23(30)27-20-15-24-22(25-16-20)29-10-8-28(9-11-29)21-6-4-3-5-7-21/h3-7,12-16H,8-11H2,1-2H3,(H2,26,27,30). The quantitative estimate of drug-likeness (QED) is 0.688. The molecule has 1 fully saturated rings. The van der Waals surface area contributed by atoms with Gasteiger partial charge in [0.05, 0.1) is 18.1 Å². The van der Waals surface area contributed by atoms with E-state index in [1.807, 2.05) is 32.0 Å². The summed E-state index contributed by atoms with van der Waals surface area (Å²) in [6.07, 6.45) is 3.29. The molecule has 0 spiro atoms. The molecule has 154 valence electrons. The molecule has 0 bridgehead atoms. The lowest BCUT2D eigenvalue weighted by Crippen LogP contribution is -2.47. The van der Waals surface area contributed by atoms with Crippen molar-refractivity contribution < 1.29 is 4.79 Å². The monoisotopic (exact) mass is 402 g/mol. The highest BCUT2D eigenvalue weighted by molar-refractivity contribution is 5.99. The van der Waals surface area contributed by atoms with Gasteiger partial charge in [0.2, 0.25) is 5.95 Å². The van der Waals surface area contributed by atoms with E-state index in [2.05, 4.69) is 60.7 Å². The number of anilines is 4. The Balaban J connectivity index is 1.31. The number of carbonyl (C=O) groups excluding carboxylic acids is 1. The normalized spacial score (nSPS) is 13.8. The molecule has 1 aliphatic heterocycles. The molecule has 4 rings (SSSR count). The lowest BCUT2D eigenvalue weighted by Gasteiger charge is -2.36. The van der Waals surface area contributed by atoms with Crippen molar-refractivity contribution in [1.82, 2.24) is 9.97 Å². The van der Waals surface area contributed by atoms with Gasteiger partial charge in [-0.25, -0.2) is 14.8 Å². The SMILES string of the molecule is Cc1cc(C)cc(NC(=O)Nc2cnc(N3CCN(c4ccccc4)CC3)nc2)c1. The maximum atomic E-state index is 12.3. The number of nitrogens with one attached hydrogen (secondary N) is 2. The van der Waals surface area contributed by atoms with Crippen LogP contribution in [0.3, 0.4) is 0 Å². The molecule has 7 heteroatoms. The molecule has 0 radical (unpaired) electrons. The first-order valence-electron chi connectivity index (χ1n) is 10.1. The number of aromatic nitrogens is 2. The zero-order valence-electron chi connectivity index (χ0n) is 17.3. The molecule has 2 amide bonds. The van der Waals surface area contributed by atoms with Gasteiger partial charge in [0.15, 0.2) is 0 Å². The van der Waals surface area contributed by atoms with E-state index in [0.717, 1.165) is 43.0 Å². The van der Waals surface area contributed by atoms with Gasteiger partial charge in [-0.05, 0) is 49.2 Å². The van der Waals surface area contributed by atoms with Gasteiger partial charge in [-0.3, -0.25) is 0 Å². The van der Waals surface area contributed by atoms with E-state index in [9.17, 15) is 4.79 Å². The number of carbonyl (C=O) groups is 1. The minimum atomic E-state index is -0.312. The fraction of sp³-hybridized carbons (Fsp3) is 0.261. The molecule has 1 saturated heterocycles. The molecule has 2 aromatic carbocycles. The van der Waals surface area contributed by atoms with Crippen LogP contribution in [0, 0.1) is 13.8 Å². The summed E-state index contributed by atoms with van der Waals surface area (Å²) in [5, 5.41) is 5.64. The summed E-state index contributed by atoms with van der Waals surface area (Å²) in [7, 11) is 0. The third-order valence-corrected chi connectivity index (χ3v) is 5.06. The highest BCUT2D eigenvalue weighted by Gasteiger charge is 2.19. The minimum absolute atomic E-state index is 0.312. The highest BCUT2D eigenvalue weighted by Crippen LogP contribution is 2.19. The smallest absolute Gasteiger partial charge is 0.323 e. The van der Waals surface area contributed by atoms with Crippen molar-refractivity contribution in [2.24, 2.45) is 0 Å². The molecule has 30 heavy (non-hydrogen) atoms. The third-order valence-electron chi connectivity index (χ3n) is 5.06. The van der Waals surface area contributed by atoms with Crippen LogP contribution in [0.15, 0.2) is 60.9 Å². The largest absolute Gasteiger partial charge is 0.368 e. The Labute approximate surface area is 176 Å². The number of para-hydroxylation sites is 1. The Morgan fingerprint density at radius 2 is 1.37 bits per heavy atom. The van der Waals surface area contributed by atoms with Crippen LogP contribution in [0.4, 0.5) is 27.8 Å². The third kappa shape index (κ3) is 4.86. The predicted octanol–water partition coefficient (Wildman–Crippen LogP) is 4.06. The van der Waals surface area contributed by atoms with E-state index in [0.29, 0.717) is 11.6 Å². The van der Waals surface area contributed by atoms with Crippen LogP contribution in [0.5, 0.6) is 0 Å². The van der Waals surface area contributed by atoms with Crippen molar-refractivity contribution in [2.75, 3.05) is 46.6 Å². The van der Waals surface area contributed by atoms with Crippen LogP contribution in [0.2, 0.25) is 0 Å². The molecular weight excluding hydrogens is 376 g/mol. The van der Waals surface area contributed by atoms with Crippen LogP contribution in [-0.4, -0.2) is 42.2 Å². The number of benzene rings is 2. The highest BCUT2D eigenvalue weighted by atomic mass is 16.2. The van der Waals surface area contributed by atoms with Crippen molar-refractivity contribution in [3.63, 3.8) is 0 Å². The summed E-state index contributed by atoms with van der Waals surface area (Å²) < 4.78 is 0. The summed E-state index contributed by atoms with van der Waals surface area (Å²) in [5.41, 5.74) is 4.77. The molecule has 7 nitrogen and oxygen atoms in total. The molecule has 2 heterocycles. The van der Waals surface area contributed by atoms with E-state index >= 15 is 0 Å². The van der Waals surface area contributed by atoms with Gasteiger partial charge in [0.25, 0.3) is 0 Å². The fourth-order valence-electron chi connectivity index (χ4n) is 3.69. The van der Waals surface area contributed by atoms with Gasteiger partial charge in [-0.1, -0.05) is 24.3 Å². The van der Waals surface area contributed by atoms with Crippen molar-refractivity contribution in [1.29, 1.82) is 0 Å². The Morgan fingerprint density at radius 3 is 2.00 bits per heavy atom. The predicted molar refractivity (Wildman–Crippen MR) is 121 cm³/mol. The summed E-state index contributed by atoms with van der Waals surface area (Å²) in [6, 6.07) is 16.0. The molecule has 3 aromatic rings. The first-order valence-corrected chi connectivity index (χ1v) is 10.1. The molecule has 1 aromatic heterocycles. The number of piperazine rings is 1. The van der Waals surface area contributed by atoms with Crippen LogP contribution in [0.1, 0.15) is 11.1 Å². The molecule has 0 atom stereocenters. The zero-order chi connectivity index (χ0) is 20.9. The second-order valence-corrected chi connectivity index (χ2v) is 7.54. The van der Waals surface area contributed by atoms with Crippen LogP contribution in [0.25, 0.3) is 0 Å². The molecule has 0 unspecified atom stereocenters.